The predicted octanol–water partition coefficient (Wildman–Crippen LogP) is 12.2. The van der Waals surface area contributed by atoms with Crippen LogP contribution in [-0.4, -0.2) is 4.98 Å². The van der Waals surface area contributed by atoms with Crippen LogP contribution in [0.25, 0.3) is 10.9 Å². The molecular formula is C34H56BrN. The second kappa shape index (κ2) is 14.9. The molecule has 0 fully saturated rings. The summed E-state index contributed by atoms with van der Waals surface area (Å²) >= 11 is 3.76. The maximum absolute atomic E-state index is 5.48. The molecule has 1 nitrogen and oxygen atoms in total. The van der Waals surface area contributed by atoms with Crippen LogP contribution < -0.4 is 0 Å². The van der Waals surface area contributed by atoms with E-state index >= 15 is 0 Å². The number of halogens is 1. The van der Waals surface area contributed by atoms with Crippen LogP contribution in [0, 0.1) is 10.8 Å². The Kier molecular flexibility index (Phi) is 13.0. The summed E-state index contributed by atoms with van der Waals surface area (Å²) in [5.41, 5.74) is 2.89. The number of rotatable bonds is 18. The minimum atomic E-state index is 0.0113. The summed E-state index contributed by atoms with van der Waals surface area (Å²) in [4.78, 5) is 5.48. The third kappa shape index (κ3) is 7.15. The SMILES string of the molecule is CCCCCCC(C)(CC)[C@](C)(c1ccc2c(Br)cccc2n1)C(C)(CCCCC)CCCCCC. The van der Waals surface area contributed by atoms with E-state index < -0.39 is 0 Å². The quantitative estimate of drug-likeness (QED) is 0.166. The van der Waals surface area contributed by atoms with Gasteiger partial charge in [0.25, 0.3) is 0 Å². The number of aromatic nitrogens is 1. The molecule has 0 radical (unpaired) electrons. The van der Waals surface area contributed by atoms with Crippen molar-refractivity contribution in [1.29, 1.82) is 0 Å². The van der Waals surface area contributed by atoms with Crippen LogP contribution in [0.1, 0.15) is 150 Å². The molecule has 2 unspecified atom stereocenters. The Balaban J connectivity index is 2.66. The summed E-state index contributed by atoms with van der Waals surface area (Å²) in [5, 5.41) is 1.22. The lowest BCUT2D eigenvalue weighted by atomic mass is 9.47. The highest BCUT2D eigenvalue weighted by Crippen LogP contribution is 2.60. The molecule has 2 rings (SSSR count). The van der Waals surface area contributed by atoms with Crippen molar-refractivity contribution in [3.8, 4) is 0 Å². The molecule has 0 saturated heterocycles. The Labute approximate surface area is 232 Å². The topological polar surface area (TPSA) is 12.9 Å². The second-order valence-electron chi connectivity index (χ2n) is 12.2. The third-order valence-electron chi connectivity index (χ3n) is 9.88. The van der Waals surface area contributed by atoms with E-state index in [-0.39, 0.29) is 16.2 Å². The highest BCUT2D eigenvalue weighted by atomic mass is 79.9. The molecule has 1 aromatic carbocycles. The molecule has 0 N–H and O–H groups in total. The zero-order valence-electron chi connectivity index (χ0n) is 24.8. The van der Waals surface area contributed by atoms with E-state index in [9.17, 15) is 0 Å². The van der Waals surface area contributed by atoms with E-state index in [0.717, 1.165) is 9.99 Å². The molecule has 0 amide bonds. The van der Waals surface area contributed by atoms with Crippen molar-refractivity contribution in [3.05, 3.63) is 40.5 Å². The molecular weight excluding hydrogens is 502 g/mol. The van der Waals surface area contributed by atoms with E-state index in [2.05, 4.69) is 94.7 Å². The average Bonchev–Trinajstić information content (AvgIpc) is 2.88. The molecule has 2 heteroatoms. The zero-order valence-corrected chi connectivity index (χ0v) is 26.4. The number of pyridine rings is 1. The lowest BCUT2D eigenvalue weighted by molar-refractivity contribution is -0.0141. The summed E-state index contributed by atoms with van der Waals surface area (Å²) in [6.45, 7) is 17.3. The number of nitrogens with zero attached hydrogens (tertiary/aromatic N) is 1. The smallest absolute Gasteiger partial charge is 0.0716 e. The first-order valence-electron chi connectivity index (χ1n) is 15.3. The van der Waals surface area contributed by atoms with Crippen molar-refractivity contribution < 1.29 is 0 Å². The van der Waals surface area contributed by atoms with Crippen molar-refractivity contribution in [3.63, 3.8) is 0 Å². The first-order valence-corrected chi connectivity index (χ1v) is 16.1. The van der Waals surface area contributed by atoms with Gasteiger partial charge in [0.15, 0.2) is 0 Å². The Morgan fingerprint density at radius 1 is 0.639 bits per heavy atom. The molecule has 2 aromatic rings. The van der Waals surface area contributed by atoms with Crippen LogP contribution in [-0.2, 0) is 5.41 Å². The Morgan fingerprint density at radius 3 is 1.72 bits per heavy atom. The average molecular weight is 559 g/mol. The number of fused-ring (bicyclic) bond motifs is 1. The molecule has 1 heterocycles. The van der Waals surface area contributed by atoms with Crippen LogP contribution >= 0.6 is 15.9 Å². The second-order valence-corrected chi connectivity index (χ2v) is 13.0. The Bertz CT molecular complexity index is 907. The van der Waals surface area contributed by atoms with Crippen LogP contribution in [0.2, 0.25) is 0 Å². The van der Waals surface area contributed by atoms with Gasteiger partial charge in [-0.25, -0.2) is 0 Å². The summed E-state index contributed by atoms with van der Waals surface area (Å²) in [6.07, 6.45) is 19.7. The van der Waals surface area contributed by atoms with E-state index in [1.165, 1.54) is 107 Å². The van der Waals surface area contributed by atoms with Gasteiger partial charge in [-0.05, 0) is 60.8 Å². The molecule has 0 aliphatic heterocycles. The maximum Gasteiger partial charge on any atom is 0.0716 e. The normalized spacial score (nSPS) is 17.0. The molecule has 3 atom stereocenters. The highest BCUT2D eigenvalue weighted by molar-refractivity contribution is 9.10. The molecule has 0 saturated carbocycles. The minimum Gasteiger partial charge on any atom is -0.252 e. The third-order valence-corrected chi connectivity index (χ3v) is 10.6. The fourth-order valence-corrected chi connectivity index (χ4v) is 7.29. The summed E-state index contributed by atoms with van der Waals surface area (Å²) in [6, 6.07) is 11.2. The monoisotopic (exact) mass is 557 g/mol. The van der Waals surface area contributed by atoms with E-state index in [4.69, 9.17) is 4.98 Å². The molecule has 36 heavy (non-hydrogen) atoms. The lowest BCUT2D eigenvalue weighted by Gasteiger charge is -2.57. The van der Waals surface area contributed by atoms with Gasteiger partial charge in [-0.3, -0.25) is 4.98 Å². The van der Waals surface area contributed by atoms with E-state index in [1.807, 2.05) is 0 Å². The van der Waals surface area contributed by atoms with Gasteiger partial charge in [-0.2, -0.15) is 0 Å². The van der Waals surface area contributed by atoms with Gasteiger partial charge in [0.2, 0.25) is 0 Å². The standard InChI is InChI=1S/C34H56BrN/c1-8-12-15-18-25-32(5,11-4)34(7,31-24-23-28-29(35)21-20-22-30(28)36-31)33(6,26-17-14-10-3)27-19-16-13-9-2/h20-24H,8-19,25-27H2,1-7H3/t32?,33?,34-/m0/s1. The highest BCUT2D eigenvalue weighted by Gasteiger charge is 2.55. The summed E-state index contributed by atoms with van der Waals surface area (Å²) < 4.78 is 1.14. The van der Waals surface area contributed by atoms with E-state index in [0.29, 0.717) is 0 Å². The molecule has 1 aromatic heterocycles. The fraction of sp³-hybridized carbons (Fsp3) is 0.735. The van der Waals surface area contributed by atoms with Crippen molar-refractivity contribution in [2.24, 2.45) is 10.8 Å². The van der Waals surface area contributed by atoms with Gasteiger partial charge in [0, 0.05) is 21.0 Å². The van der Waals surface area contributed by atoms with Crippen LogP contribution in [0.3, 0.4) is 0 Å². The first kappa shape index (κ1) is 31.3. The van der Waals surface area contributed by atoms with Gasteiger partial charge in [0.1, 0.15) is 0 Å². The van der Waals surface area contributed by atoms with E-state index in [1.54, 1.807) is 0 Å². The molecule has 0 bridgehead atoms. The van der Waals surface area contributed by atoms with Crippen LogP contribution in [0.4, 0.5) is 0 Å². The summed E-state index contributed by atoms with van der Waals surface area (Å²) in [7, 11) is 0. The van der Waals surface area contributed by atoms with Gasteiger partial charge >= 0.3 is 0 Å². The zero-order chi connectivity index (χ0) is 26.7. The van der Waals surface area contributed by atoms with Crippen molar-refractivity contribution in [1.82, 2.24) is 4.98 Å². The molecule has 0 aliphatic carbocycles. The van der Waals surface area contributed by atoms with Crippen molar-refractivity contribution in [2.75, 3.05) is 0 Å². The minimum absolute atomic E-state index is 0.0113. The van der Waals surface area contributed by atoms with Gasteiger partial charge in [0.05, 0.1) is 5.52 Å². The lowest BCUT2D eigenvalue weighted by Crippen LogP contribution is -2.53. The van der Waals surface area contributed by atoms with Gasteiger partial charge < -0.3 is 0 Å². The van der Waals surface area contributed by atoms with Crippen LogP contribution in [0.15, 0.2) is 34.8 Å². The predicted molar refractivity (Wildman–Crippen MR) is 165 cm³/mol. The molecule has 204 valence electrons. The Morgan fingerprint density at radius 2 is 1.17 bits per heavy atom. The number of benzene rings is 1. The van der Waals surface area contributed by atoms with Gasteiger partial charge in [-0.15, -0.1) is 0 Å². The molecule has 0 spiro atoms. The maximum atomic E-state index is 5.48. The number of hydrogen-bond donors (Lipinski definition) is 0. The fourth-order valence-electron chi connectivity index (χ4n) is 6.80. The van der Waals surface area contributed by atoms with Gasteiger partial charge in [-0.1, -0.05) is 141 Å². The Hall–Kier alpha value is -0.890. The van der Waals surface area contributed by atoms with Crippen molar-refractivity contribution >= 4 is 26.8 Å². The summed E-state index contributed by atoms with van der Waals surface area (Å²) in [5.74, 6) is 0. The van der Waals surface area contributed by atoms with Crippen molar-refractivity contribution in [2.45, 2.75) is 150 Å². The molecule has 0 aliphatic rings. The first-order chi connectivity index (χ1) is 17.2. The largest absolute Gasteiger partial charge is 0.252 e. The number of unbranched alkanes of at least 4 members (excludes halogenated alkanes) is 8. The van der Waals surface area contributed by atoms with Crippen LogP contribution in [0.5, 0.6) is 0 Å². The number of hydrogen-bond acceptors (Lipinski definition) is 1.